The average molecular weight is 363 g/mol. The zero-order chi connectivity index (χ0) is 17.3. The summed E-state index contributed by atoms with van der Waals surface area (Å²) in [5.74, 6) is -0.186. The van der Waals surface area contributed by atoms with Crippen LogP contribution < -0.4 is 11.1 Å². The Labute approximate surface area is 150 Å². The Kier molecular flexibility index (Phi) is 4.92. The highest BCUT2D eigenvalue weighted by Crippen LogP contribution is 2.40. The summed E-state index contributed by atoms with van der Waals surface area (Å²) >= 11 is 7.54. The second-order valence-corrected chi connectivity index (χ2v) is 7.54. The molecule has 3 rings (SSSR count). The standard InChI is InChI=1S/C18H19ClN2O2S/c1-2-10-7-8-12-14(9-10)24-18(15(12)16(20)22)21-17(23)11-5-3-4-6-13(11)19/h3-6,10H,2,7-9H2,1H3,(H2,20,22)(H,21,23). The molecule has 4 nitrogen and oxygen atoms in total. The maximum atomic E-state index is 12.5. The molecule has 0 fully saturated rings. The van der Waals surface area contributed by atoms with Crippen molar-refractivity contribution in [1.29, 1.82) is 0 Å². The van der Waals surface area contributed by atoms with Gasteiger partial charge in [0.05, 0.1) is 16.1 Å². The second kappa shape index (κ2) is 6.95. The molecule has 0 bridgehead atoms. The Morgan fingerprint density at radius 2 is 2.12 bits per heavy atom. The van der Waals surface area contributed by atoms with Gasteiger partial charge in [-0.15, -0.1) is 11.3 Å². The number of primary amides is 1. The van der Waals surface area contributed by atoms with Gasteiger partial charge in [0, 0.05) is 4.88 Å². The lowest BCUT2D eigenvalue weighted by molar-refractivity contribution is 0.1000. The van der Waals surface area contributed by atoms with Gasteiger partial charge in [-0.05, 0) is 42.9 Å². The first kappa shape index (κ1) is 17.0. The number of nitrogens with two attached hydrogens (primary N) is 1. The van der Waals surface area contributed by atoms with Gasteiger partial charge >= 0.3 is 0 Å². The molecule has 1 aromatic carbocycles. The third-order valence-corrected chi connectivity index (χ3v) is 6.04. The van der Waals surface area contributed by atoms with Crippen molar-refractivity contribution in [3.63, 3.8) is 0 Å². The Bertz CT molecular complexity index is 800. The summed E-state index contributed by atoms with van der Waals surface area (Å²) in [4.78, 5) is 25.6. The highest BCUT2D eigenvalue weighted by molar-refractivity contribution is 7.17. The zero-order valence-electron chi connectivity index (χ0n) is 13.4. The van der Waals surface area contributed by atoms with Gasteiger partial charge in [0.1, 0.15) is 5.00 Å². The quantitative estimate of drug-likeness (QED) is 0.852. The van der Waals surface area contributed by atoms with Gasteiger partial charge in [-0.25, -0.2) is 0 Å². The predicted molar refractivity (Wildman–Crippen MR) is 98.0 cm³/mol. The van der Waals surface area contributed by atoms with E-state index in [2.05, 4.69) is 12.2 Å². The van der Waals surface area contributed by atoms with Gasteiger partial charge in [-0.2, -0.15) is 0 Å². The summed E-state index contributed by atoms with van der Waals surface area (Å²) in [6.07, 6.45) is 3.95. The van der Waals surface area contributed by atoms with Crippen molar-refractivity contribution in [2.24, 2.45) is 11.7 Å². The lowest BCUT2D eigenvalue weighted by Crippen LogP contribution is -2.19. The van der Waals surface area contributed by atoms with Crippen molar-refractivity contribution in [1.82, 2.24) is 0 Å². The molecule has 1 aromatic heterocycles. The molecule has 1 unspecified atom stereocenters. The first-order chi connectivity index (χ1) is 11.5. The number of amides is 2. The number of hydrogen-bond donors (Lipinski definition) is 2. The van der Waals surface area contributed by atoms with Gasteiger partial charge in [0.25, 0.3) is 11.8 Å². The molecule has 0 spiro atoms. The molecule has 2 amide bonds. The highest BCUT2D eigenvalue weighted by Gasteiger charge is 2.28. The normalized spacial score (nSPS) is 16.5. The number of carbonyl (C=O) groups is 2. The number of benzene rings is 1. The second-order valence-electron chi connectivity index (χ2n) is 6.02. The van der Waals surface area contributed by atoms with E-state index < -0.39 is 5.91 Å². The molecule has 126 valence electrons. The van der Waals surface area contributed by atoms with E-state index in [1.807, 2.05) is 0 Å². The third-order valence-electron chi connectivity index (χ3n) is 4.54. The number of rotatable bonds is 4. The summed E-state index contributed by atoms with van der Waals surface area (Å²) in [6, 6.07) is 6.84. The van der Waals surface area contributed by atoms with Gasteiger partial charge in [0.15, 0.2) is 0 Å². The maximum absolute atomic E-state index is 12.5. The number of halogens is 1. The Balaban J connectivity index is 1.94. The maximum Gasteiger partial charge on any atom is 0.257 e. The van der Waals surface area contributed by atoms with E-state index in [0.29, 0.717) is 27.1 Å². The topological polar surface area (TPSA) is 72.2 Å². The highest BCUT2D eigenvalue weighted by atomic mass is 35.5. The van der Waals surface area contributed by atoms with Crippen LogP contribution in [0.5, 0.6) is 0 Å². The fourth-order valence-electron chi connectivity index (χ4n) is 3.17. The lowest BCUT2D eigenvalue weighted by atomic mass is 9.85. The minimum atomic E-state index is -0.489. The van der Waals surface area contributed by atoms with E-state index in [1.165, 1.54) is 11.3 Å². The van der Waals surface area contributed by atoms with Gasteiger partial charge < -0.3 is 11.1 Å². The number of thiophene rings is 1. The molecule has 1 heterocycles. The minimum absolute atomic E-state index is 0.325. The summed E-state index contributed by atoms with van der Waals surface area (Å²) in [5.41, 5.74) is 7.44. The molecule has 6 heteroatoms. The minimum Gasteiger partial charge on any atom is -0.365 e. The van der Waals surface area contributed by atoms with E-state index in [4.69, 9.17) is 17.3 Å². The number of nitrogens with one attached hydrogen (secondary N) is 1. The number of carbonyl (C=O) groups excluding carboxylic acids is 2. The Morgan fingerprint density at radius 1 is 1.38 bits per heavy atom. The van der Waals surface area contributed by atoms with Crippen LogP contribution in [0.1, 0.15) is 50.9 Å². The van der Waals surface area contributed by atoms with Crippen molar-refractivity contribution in [3.8, 4) is 0 Å². The van der Waals surface area contributed by atoms with Crippen molar-refractivity contribution >= 4 is 39.8 Å². The van der Waals surface area contributed by atoms with Crippen LogP contribution in [0.3, 0.4) is 0 Å². The molecule has 1 aliphatic rings. The molecule has 2 aromatic rings. The van der Waals surface area contributed by atoms with Crippen molar-refractivity contribution in [3.05, 3.63) is 50.9 Å². The van der Waals surface area contributed by atoms with Crippen LogP contribution in [-0.4, -0.2) is 11.8 Å². The molecule has 1 aliphatic carbocycles. The van der Waals surface area contributed by atoms with E-state index in [-0.39, 0.29) is 5.91 Å². The molecular weight excluding hydrogens is 344 g/mol. The van der Waals surface area contributed by atoms with Crippen LogP contribution in [0, 0.1) is 5.92 Å². The van der Waals surface area contributed by atoms with Crippen LogP contribution in [0.25, 0.3) is 0 Å². The van der Waals surface area contributed by atoms with Crippen LogP contribution in [0.4, 0.5) is 5.00 Å². The molecule has 0 saturated heterocycles. The average Bonchev–Trinajstić information content (AvgIpc) is 2.91. The van der Waals surface area contributed by atoms with Crippen LogP contribution in [0.15, 0.2) is 24.3 Å². The summed E-state index contributed by atoms with van der Waals surface area (Å²) in [6.45, 7) is 2.18. The van der Waals surface area contributed by atoms with Gasteiger partial charge in [-0.1, -0.05) is 37.1 Å². The van der Waals surface area contributed by atoms with E-state index in [0.717, 1.165) is 36.1 Å². The van der Waals surface area contributed by atoms with Crippen molar-refractivity contribution < 1.29 is 9.59 Å². The fraction of sp³-hybridized carbons (Fsp3) is 0.333. The summed E-state index contributed by atoms with van der Waals surface area (Å²) < 4.78 is 0. The zero-order valence-corrected chi connectivity index (χ0v) is 15.0. The number of fused-ring (bicyclic) bond motifs is 1. The number of anilines is 1. The van der Waals surface area contributed by atoms with Gasteiger partial charge in [0.2, 0.25) is 0 Å². The first-order valence-corrected chi connectivity index (χ1v) is 9.20. The van der Waals surface area contributed by atoms with E-state index in [9.17, 15) is 9.59 Å². The molecule has 0 radical (unpaired) electrons. The fourth-order valence-corrected chi connectivity index (χ4v) is 4.75. The molecule has 24 heavy (non-hydrogen) atoms. The molecule has 3 N–H and O–H groups in total. The molecular formula is C18H19ClN2O2S. The summed E-state index contributed by atoms with van der Waals surface area (Å²) in [5, 5.41) is 3.75. The van der Waals surface area contributed by atoms with Crippen LogP contribution >= 0.6 is 22.9 Å². The van der Waals surface area contributed by atoms with Crippen molar-refractivity contribution in [2.45, 2.75) is 32.6 Å². The Morgan fingerprint density at radius 3 is 2.79 bits per heavy atom. The van der Waals surface area contributed by atoms with Crippen LogP contribution in [0.2, 0.25) is 5.02 Å². The molecule has 0 aliphatic heterocycles. The Hall–Kier alpha value is -1.85. The van der Waals surface area contributed by atoms with Gasteiger partial charge in [-0.3, -0.25) is 9.59 Å². The van der Waals surface area contributed by atoms with E-state index >= 15 is 0 Å². The predicted octanol–water partition coefficient (Wildman–Crippen LogP) is 4.27. The van der Waals surface area contributed by atoms with E-state index in [1.54, 1.807) is 24.3 Å². The summed E-state index contributed by atoms with van der Waals surface area (Å²) in [7, 11) is 0. The number of hydrogen-bond acceptors (Lipinski definition) is 3. The first-order valence-electron chi connectivity index (χ1n) is 8.01. The monoisotopic (exact) mass is 362 g/mol. The third kappa shape index (κ3) is 3.19. The largest absolute Gasteiger partial charge is 0.365 e. The molecule has 0 saturated carbocycles. The lowest BCUT2D eigenvalue weighted by Gasteiger charge is -2.20. The molecule has 1 atom stereocenters. The smallest absolute Gasteiger partial charge is 0.257 e. The van der Waals surface area contributed by atoms with Crippen LogP contribution in [-0.2, 0) is 12.8 Å². The SMILES string of the molecule is CCC1CCc2c(sc(NC(=O)c3ccccc3Cl)c2C(N)=O)C1. The van der Waals surface area contributed by atoms with Crippen molar-refractivity contribution in [2.75, 3.05) is 5.32 Å².